The lowest BCUT2D eigenvalue weighted by atomic mass is 9.57. The summed E-state index contributed by atoms with van der Waals surface area (Å²) in [6, 6.07) is 9.26. The van der Waals surface area contributed by atoms with E-state index in [-0.39, 0.29) is 29.7 Å². The summed E-state index contributed by atoms with van der Waals surface area (Å²) in [4.78, 5) is 40.7. The SMILES string of the molecule is CNCOc1ccc(-c2ccc(O)c3c2C[C@H]2C[C@H]4[C@H](N(C)C)C(=O)C(C(N)=O)=C(O)[C@@]4(O)C(=O)C2=C3O)cc1. The standard InChI is InChI=1S/C29H31N3O8/c1-31-12-40-15-6-4-13(5-7-15)16-8-9-19(33)21-17(16)10-14-11-18-23(32(2)3)25(35)22(28(30)38)27(37)29(18,39)26(36)20(14)24(21)34/h4-9,14,18,23,31,33-34,37,39H,10-12H2,1-3H3,(H2,30,38)/t14-,18-,23-,29-/m0/s1. The molecule has 11 nitrogen and oxygen atoms in total. The maximum Gasteiger partial charge on any atom is 0.255 e. The second-order valence-corrected chi connectivity index (χ2v) is 10.6. The molecule has 3 aliphatic rings. The van der Waals surface area contributed by atoms with Gasteiger partial charge in [0.25, 0.3) is 5.91 Å². The Balaban J connectivity index is 1.66. The van der Waals surface area contributed by atoms with Crippen molar-refractivity contribution >= 4 is 23.2 Å². The zero-order valence-electron chi connectivity index (χ0n) is 22.3. The van der Waals surface area contributed by atoms with Crippen LogP contribution in [0.4, 0.5) is 0 Å². The minimum atomic E-state index is -2.67. The van der Waals surface area contributed by atoms with Crippen LogP contribution in [0.25, 0.3) is 16.9 Å². The maximum atomic E-state index is 13.9. The van der Waals surface area contributed by atoms with Crippen molar-refractivity contribution in [2.45, 2.75) is 24.5 Å². The van der Waals surface area contributed by atoms with Gasteiger partial charge in [-0.2, -0.15) is 0 Å². The van der Waals surface area contributed by atoms with E-state index in [1.165, 1.54) is 11.0 Å². The Hall–Kier alpha value is -4.19. The summed E-state index contributed by atoms with van der Waals surface area (Å²) in [5.74, 6) is -6.13. The van der Waals surface area contributed by atoms with Crippen LogP contribution in [-0.2, 0) is 20.8 Å². The number of nitrogens with one attached hydrogen (secondary N) is 1. The lowest BCUT2D eigenvalue weighted by Gasteiger charge is -2.50. The molecular formula is C29H31N3O8. The molecule has 1 saturated carbocycles. The molecule has 0 bridgehead atoms. The minimum absolute atomic E-state index is 0.0255. The first-order chi connectivity index (χ1) is 18.9. The first-order valence-electron chi connectivity index (χ1n) is 12.8. The maximum absolute atomic E-state index is 13.9. The van der Waals surface area contributed by atoms with Crippen molar-refractivity contribution in [3.63, 3.8) is 0 Å². The lowest BCUT2D eigenvalue weighted by Crippen LogP contribution is -2.65. The fraction of sp³-hybridized carbons (Fsp3) is 0.345. The topological polar surface area (TPSA) is 183 Å². The number of primary amides is 1. The van der Waals surface area contributed by atoms with Crippen LogP contribution in [0.2, 0.25) is 0 Å². The summed E-state index contributed by atoms with van der Waals surface area (Å²) in [6.45, 7) is 0.334. The molecule has 11 heteroatoms. The second kappa shape index (κ2) is 9.77. The molecule has 5 rings (SSSR count). The van der Waals surface area contributed by atoms with Crippen LogP contribution in [0.3, 0.4) is 0 Å². The number of phenols is 1. The van der Waals surface area contributed by atoms with E-state index < -0.39 is 58.0 Å². The highest BCUT2D eigenvalue weighted by Gasteiger charge is 2.64. The van der Waals surface area contributed by atoms with Crippen LogP contribution in [-0.4, -0.2) is 82.3 Å². The van der Waals surface area contributed by atoms with Gasteiger partial charge in [0, 0.05) is 11.5 Å². The lowest BCUT2D eigenvalue weighted by molar-refractivity contribution is -0.153. The molecule has 0 spiro atoms. The van der Waals surface area contributed by atoms with Gasteiger partial charge in [-0.1, -0.05) is 18.2 Å². The molecule has 210 valence electrons. The smallest absolute Gasteiger partial charge is 0.255 e. The highest BCUT2D eigenvalue weighted by molar-refractivity contribution is 6.24. The monoisotopic (exact) mass is 549 g/mol. The van der Waals surface area contributed by atoms with Crippen molar-refractivity contribution in [2.75, 3.05) is 27.9 Å². The predicted molar refractivity (Wildman–Crippen MR) is 144 cm³/mol. The number of Topliss-reactive ketones (excluding diaryl/α,β-unsaturated/α-hetero) is 2. The van der Waals surface area contributed by atoms with Crippen molar-refractivity contribution < 1.29 is 39.5 Å². The number of benzene rings is 2. The molecular weight excluding hydrogens is 518 g/mol. The minimum Gasteiger partial charge on any atom is -0.508 e. The number of phenolic OH excluding ortho intramolecular Hbond substituents is 1. The average Bonchev–Trinajstić information content (AvgIpc) is 2.89. The summed E-state index contributed by atoms with van der Waals surface area (Å²) in [5.41, 5.74) is 3.81. The molecule has 0 heterocycles. The molecule has 4 atom stereocenters. The Morgan fingerprint density at radius 1 is 1.12 bits per heavy atom. The van der Waals surface area contributed by atoms with Gasteiger partial charge in [-0.3, -0.25) is 24.6 Å². The number of amides is 1. The number of carbonyl (C=O) groups excluding carboxylic acids is 3. The van der Waals surface area contributed by atoms with Crippen molar-refractivity contribution in [2.24, 2.45) is 17.6 Å². The van der Waals surface area contributed by atoms with Gasteiger partial charge in [0.15, 0.2) is 11.4 Å². The van der Waals surface area contributed by atoms with Crippen LogP contribution < -0.4 is 15.8 Å². The molecule has 0 aromatic heterocycles. The third kappa shape index (κ3) is 3.88. The van der Waals surface area contributed by atoms with Crippen LogP contribution in [0.5, 0.6) is 11.5 Å². The highest BCUT2D eigenvalue weighted by Crippen LogP contribution is 2.53. The van der Waals surface area contributed by atoms with E-state index >= 15 is 0 Å². The van der Waals surface area contributed by atoms with Crippen molar-refractivity contribution in [1.29, 1.82) is 0 Å². The Labute approximate surface area is 230 Å². The van der Waals surface area contributed by atoms with E-state index in [1.54, 1.807) is 39.3 Å². The van der Waals surface area contributed by atoms with Crippen molar-refractivity contribution in [3.05, 3.63) is 64.4 Å². The first kappa shape index (κ1) is 27.4. The van der Waals surface area contributed by atoms with Gasteiger partial charge in [0.2, 0.25) is 5.78 Å². The number of nitrogens with zero attached hydrogens (tertiary/aromatic N) is 1. The molecule has 7 N–H and O–H groups in total. The highest BCUT2D eigenvalue weighted by atomic mass is 16.5. The van der Waals surface area contributed by atoms with Gasteiger partial charge in [-0.25, -0.2) is 0 Å². The summed E-state index contributed by atoms with van der Waals surface area (Å²) in [6.07, 6.45) is 0.230. The third-order valence-electron chi connectivity index (χ3n) is 8.15. The number of ketones is 2. The van der Waals surface area contributed by atoms with E-state index in [1.807, 2.05) is 12.1 Å². The number of aliphatic hydroxyl groups excluding tert-OH is 2. The summed E-state index contributed by atoms with van der Waals surface area (Å²) in [7, 11) is 4.89. The molecule has 2 aromatic carbocycles. The van der Waals surface area contributed by atoms with Crippen molar-refractivity contribution in [3.8, 4) is 22.6 Å². The van der Waals surface area contributed by atoms with E-state index in [9.17, 15) is 34.8 Å². The Morgan fingerprint density at radius 3 is 2.40 bits per heavy atom. The van der Waals surface area contributed by atoms with Gasteiger partial charge in [-0.15, -0.1) is 0 Å². The summed E-state index contributed by atoms with van der Waals surface area (Å²) < 4.78 is 5.56. The summed E-state index contributed by atoms with van der Waals surface area (Å²) in [5, 5.41) is 47.7. The predicted octanol–water partition coefficient (Wildman–Crippen LogP) is 1.19. The fourth-order valence-electron chi connectivity index (χ4n) is 6.40. The number of rotatable bonds is 6. The number of aliphatic hydroxyl groups is 3. The van der Waals surface area contributed by atoms with Crippen LogP contribution in [0.1, 0.15) is 17.5 Å². The quantitative estimate of drug-likeness (QED) is 0.226. The Kier molecular flexibility index (Phi) is 6.69. The number of carbonyl (C=O) groups is 3. The molecule has 0 radical (unpaired) electrons. The molecule has 3 aliphatic carbocycles. The van der Waals surface area contributed by atoms with E-state index in [2.05, 4.69) is 5.32 Å². The largest absolute Gasteiger partial charge is 0.508 e. The molecule has 1 amide bonds. The first-order valence-corrected chi connectivity index (χ1v) is 12.8. The van der Waals surface area contributed by atoms with Crippen LogP contribution >= 0.6 is 0 Å². The number of hydrogen-bond donors (Lipinski definition) is 6. The molecule has 40 heavy (non-hydrogen) atoms. The van der Waals surface area contributed by atoms with Crippen LogP contribution in [0.15, 0.2) is 53.3 Å². The van der Waals surface area contributed by atoms with E-state index in [0.717, 1.165) is 11.1 Å². The number of hydrogen-bond acceptors (Lipinski definition) is 10. The number of aromatic hydroxyl groups is 1. The van der Waals surface area contributed by atoms with Crippen LogP contribution in [0, 0.1) is 11.8 Å². The Bertz CT molecular complexity index is 1490. The zero-order valence-corrected chi connectivity index (χ0v) is 22.3. The zero-order chi connectivity index (χ0) is 29.1. The average molecular weight is 550 g/mol. The van der Waals surface area contributed by atoms with E-state index in [4.69, 9.17) is 10.5 Å². The normalized spacial score (nSPS) is 26.0. The molecule has 2 aromatic rings. The fourth-order valence-corrected chi connectivity index (χ4v) is 6.40. The van der Waals surface area contributed by atoms with Crippen molar-refractivity contribution in [1.82, 2.24) is 10.2 Å². The van der Waals surface area contributed by atoms with Gasteiger partial charge in [0.05, 0.1) is 11.6 Å². The second-order valence-electron chi connectivity index (χ2n) is 10.6. The number of fused-ring (bicyclic) bond motifs is 3. The molecule has 0 unspecified atom stereocenters. The van der Waals surface area contributed by atoms with E-state index in [0.29, 0.717) is 18.0 Å². The molecule has 0 saturated heterocycles. The van der Waals surface area contributed by atoms with Gasteiger partial charge >= 0.3 is 0 Å². The molecule has 1 fully saturated rings. The Morgan fingerprint density at radius 2 is 1.80 bits per heavy atom. The third-order valence-corrected chi connectivity index (χ3v) is 8.15. The summed E-state index contributed by atoms with van der Waals surface area (Å²) >= 11 is 0. The van der Waals surface area contributed by atoms with Gasteiger partial charge in [-0.05, 0) is 74.8 Å². The number of likely N-dealkylation sites (N-methyl/N-ethyl adjacent to an activating group) is 1. The van der Waals surface area contributed by atoms with Gasteiger partial charge in [0.1, 0.15) is 35.3 Å². The number of ether oxygens (including phenoxy) is 1. The number of nitrogens with two attached hydrogens (primary N) is 1. The molecule has 0 aliphatic heterocycles. The van der Waals surface area contributed by atoms with Gasteiger partial charge < -0.3 is 30.9 Å².